The van der Waals surface area contributed by atoms with Crippen LogP contribution in [-0.4, -0.2) is 17.2 Å². The zero-order valence-corrected chi connectivity index (χ0v) is 19.7. The Kier molecular flexibility index (Phi) is 6.92. The van der Waals surface area contributed by atoms with Crippen molar-refractivity contribution in [2.24, 2.45) is 5.10 Å². The fraction of sp³-hybridized carbons (Fsp3) is 0.0400. The fourth-order valence-corrected chi connectivity index (χ4v) is 3.91. The first-order chi connectivity index (χ1) is 15.5. The molecule has 0 aliphatic carbocycles. The number of hydrogen-bond donors (Lipinski definition) is 2. The summed E-state index contributed by atoms with van der Waals surface area (Å²) in [4.78, 5) is 12.4. The van der Waals surface area contributed by atoms with E-state index in [4.69, 9.17) is 16.3 Å². The first-order valence-electron chi connectivity index (χ1n) is 9.71. The second-order valence-corrected chi connectivity index (χ2v) is 8.62. The first kappa shape index (κ1) is 22.1. The van der Waals surface area contributed by atoms with Gasteiger partial charge in [0.1, 0.15) is 18.1 Å². The van der Waals surface area contributed by atoms with Crippen molar-refractivity contribution in [1.29, 1.82) is 0 Å². The third-order valence-electron chi connectivity index (χ3n) is 4.75. The molecule has 4 aromatic rings. The molecule has 0 bridgehead atoms. The van der Waals surface area contributed by atoms with Gasteiger partial charge in [-0.1, -0.05) is 48.0 Å². The number of rotatable bonds is 6. The van der Waals surface area contributed by atoms with Gasteiger partial charge < -0.3 is 9.84 Å². The number of halogens is 2. The SMILES string of the molecule is O=C(NN=Cc1ccc(OCc2ccc(Cl)cc2)c(I)c1)c1cc2ccccc2cc1O. The van der Waals surface area contributed by atoms with Crippen LogP contribution in [-0.2, 0) is 6.61 Å². The zero-order valence-electron chi connectivity index (χ0n) is 16.8. The molecule has 4 aromatic carbocycles. The van der Waals surface area contributed by atoms with Gasteiger partial charge in [0, 0.05) is 5.02 Å². The summed E-state index contributed by atoms with van der Waals surface area (Å²) in [5.41, 5.74) is 4.46. The quantitative estimate of drug-likeness (QED) is 0.170. The Balaban J connectivity index is 1.39. The van der Waals surface area contributed by atoms with Crippen molar-refractivity contribution in [2.75, 3.05) is 0 Å². The molecule has 4 rings (SSSR count). The molecule has 160 valence electrons. The van der Waals surface area contributed by atoms with Crippen LogP contribution in [0.2, 0.25) is 5.02 Å². The van der Waals surface area contributed by atoms with Gasteiger partial charge in [0.2, 0.25) is 0 Å². The van der Waals surface area contributed by atoms with Crippen LogP contribution >= 0.6 is 34.2 Å². The van der Waals surface area contributed by atoms with Crippen LogP contribution in [0.4, 0.5) is 0 Å². The van der Waals surface area contributed by atoms with Gasteiger partial charge in [-0.2, -0.15) is 5.10 Å². The first-order valence-corrected chi connectivity index (χ1v) is 11.2. The maximum absolute atomic E-state index is 12.4. The van der Waals surface area contributed by atoms with Crippen LogP contribution in [0.25, 0.3) is 10.8 Å². The maximum Gasteiger partial charge on any atom is 0.275 e. The fourth-order valence-electron chi connectivity index (χ4n) is 3.09. The monoisotopic (exact) mass is 556 g/mol. The van der Waals surface area contributed by atoms with Crippen molar-refractivity contribution >= 4 is 57.1 Å². The molecule has 0 saturated heterocycles. The molecule has 0 spiro atoms. The molecule has 0 radical (unpaired) electrons. The van der Waals surface area contributed by atoms with E-state index in [0.717, 1.165) is 31.2 Å². The van der Waals surface area contributed by atoms with Gasteiger partial charge in [-0.05, 0) is 87.0 Å². The molecule has 0 atom stereocenters. The van der Waals surface area contributed by atoms with Crippen LogP contribution in [0.15, 0.2) is 84.0 Å². The lowest BCUT2D eigenvalue weighted by atomic mass is 10.1. The molecule has 32 heavy (non-hydrogen) atoms. The topological polar surface area (TPSA) is 70.9 Å². The normalized spacial score (nSPS) is 11.1. The number of ether oxygens (including phenoxy) is 1. The summed E-state index contributed by atoms with van der Waals surface area (Å²) in [6, 6.07) is 23.8. The molecule has 0 aromatic heterocycles. The number of amides is 1. The Bertz CT molecular complexity index is 1310. The Morgan fingerprint density at radius 1 is 1.03 bits per heavy atom. The number of fused-ring (bicyclic) bond motifs is 1. The number of hydrogen-bond acceptors (Lipinski definition) is 4. The van der Waals surface area contributed by atoms with Crippen molar-refractivity contribution in [3.05, 3.63) is 104 Å². The minimum Gasteiger partial charge on any atom is -0.507 e. The van der Waals surface area contributed by atoms with Crippen molar-refractivity contribution in [3.8, 4) is 11.5 Å². The molecule has 2 N–H and O–H groups in total. The average molecular weight is 557 g/mol. The number of phenols is 1. The summed E-state index contributed by atoms with van der Waals surface area (Å²) in [7, 11) is 0. The number of nitrogens with zero attached hydrogens (tertiary/aromatic N) is 1. The summed E-state index contributed by atoms with van der Waals surface area (Å²) in [5.74, 6) is 0.179. The number of hydrazone groups is 1. The van der Waals surface area contributed by atoms with E-state index in [1.807, 2.05) is 66.7 Å². The van der Waals surface area contributed by atoms with Crippen LogP contribution in [0.3, 0.4) is 0 Å². The Morgan fingerprint density at radius 2 is 1.75 bits per heavy atom. The van der Waals surface area contributed by atoms with Crippen LogP contribution in [0, 0.1) is 3.57 Å². The second kappa shape index (κ2) is 10.0. The van der Waals surface area contributed by atoms with E-state index < -0.39 is 5.91 Å². The van der Waals surface area contributed by atoms with Gasteiger partial charge in [-0.15, -0.1) is 0 Å². The summed E-state index contributed by atoms with van der Waals surface area (Å²) < 4.78 is 6.79. The molecule has 0 aliphatic heterocycles. The molecule has 0 unspecified atom stereocenters. The van der Waals surface area contributed by atoms with Crippen LogP contribution < -0.4 is 10.2 Å². The summed E-state index contributed by atoms with van der Waals surface area (Å²) in [5, 5.41) is 16.6. The van der Waals surface area contributed by atoms with Gasteiger partial charge in [-0.3, -0.25) is 4.79 Å². The number of carbonyl (C=O) groups is 1. The average Bonchev–Trinajstić information content (AvgIpc) is 2.79. The third-order valence-corrected chi connectivity index (χ3v) is 5.85. The predicted octanol–water partition coefficient (Wildman–Crippen LogP) is 6.15. The molecular weight excluding hydrogens is 539 g/mol. The van der Waals surface area contributed by atoms with E-state index in [1.54, 1.807) is 18.3 Å². The highest BCUT2D eigenvalue weighted by Gasteiger charge is 2.11. The summed E-state index contributed by atoms with van der Waals surface area (Å²) >= 11 is 8.10. The van der Waals surface area contributed by atoms with E-state index >= 15 is 0 Å². The molecule has 0 aliphatic rings. The molecule has 7 heteroatoms. The van der Waals surface area contributed by atoms with Crippen molar-refractivity contribution < 1.29 is 14.6 Å². The van der Waals surface area contributed by atoms with Gasteiger partial charge >= 0.3 is 0 Å². The van der Waals surface area contributed by atoms with Crippen molar-refractivity contribution in [3.63, 3.8) is 0 Å². The number of phenolic OH excluding ortho intramolecular Hbond substituents is 1. The lowest BCUT2D eigenvalue weighted by molar-refractivity contribution is 0.0952. The molecule has 5 nitrogen and oxygen atoms in total. The van der Waals surface area contributed by atoms with Gasteiger partial charge in [-0.25, -0.2) is 5.43 Å². The van der Waals surface area contributed by atoms with E-state index in [0.29, 0.717) is 11.6 Å². The Morgan fingerprint density at radius 3 is 2.47 bits per heavy atom. The number of aromatic hydroxyl groups is 1. The second-order valence-electron chi connectivity index (χ2n) is 7.02. The molecule has 0 heterocycles. The van der Waals surface area contributed by atoms with Gasteiger partial charge in [0.15, 0.2) is 0 Å². The number of nitrogens with one attached hydrogen (secondary N) is 1. The maximum atomic E-state index is 12.4. The van der Waals surface area contributed by atoms with Crippen LogP contribution in [0.1, 0.15) is 21.5 Å². The molecule has 0 fully saturated rings. The minimum absolute atomic E-state index is 0.0897. The minimum atomic E-state index is -0.484. The largest absolute Gasteiger partial charge is 0.507 e. The van der Waals surface area contributed by atoms with Crippen LogP contribution in [0.5, 0.6) is 11.5 Å². The lowest BCUT2D eigenvalue weighted by Gasteiger charge is -2.09. The molecule has 0 saturated carbocycles. The Hall–Kier alpha value is -3.10. The predicted molar refractivity (Wildman–Crippen MR) is 136 cm³/mol. The summed E-state index contributed by atoms with van der Waals surface area (Å²) in [6.45, 7) is 0.436. The molecule has 1 amide bonds. The smallest absolute Gasteiger partial charge is 0.275 e. The number of carbonyl (C=O) groups excluding carboxylic acids is 1. The highest BCUT2D eigenvalue weighted by Crippen LogP contribution is 2.25. The lowest BCUT2D eigenvalue weighted by Crippen LogP contribution is -2.17. The van der Waals surface area contributed by atoms with Crippen molar-refractivity contribution in [2.45, 2.75) is 6.61 Å². The summed E-state index contributed by atoms with van der Waals surface area (Å²) in [6.07, 6.45) is 1.54. The number of benzene rings is 4. The highest BCUT2D eigenvalue weighted by molar-refractivity contribution is 14.1. The van der Waals surface area contributed by atoms with E-state index in [-0.39, 0.29) is 11.3 Å². The standard InChI is InChI=1S/C25H18ClIN2O3/c26-20-8-5-16(6-9-20)15-32-24-10-7-17(11-22(24)27)14-28-29-25(31)21-12-18-3-1-2-4-19(18)13-23(21)30/h1-14,30H,15H2,(H,29,31). The van der Waals surface area contributed by atoms with E-state index in [1.165, 1.54) is 0 Å². The van der Waals surface area contributed by atoms with Gasteiger partial charge in [0.25, 0.3) is 5.91 Å². The van der Waals surface area contributed by atoms with E-state index in [2.05, 4.69) is 33.1 Å². The van der Waals surface area contributed by atoms with Crippen molar-refractivity contribution in [1.82, 2.24) is 5.43 Å². The van der Waals surface area contributed by atoms with Gasteiger partial charge in [0.05, 0.1) is 15.3 Å². The highest BCUT2D eigenvalue weighted by atomic mass is 127. The Labute approximate surface area is 203 Å². The molecular formula is C25H18ClIN2O3. The third kappa shape index (κ3) is 5.38. The van der Waals surface area contributed by atoms with E-state index in [9.17, 15) is 9.90 Å². The zero-order chi connectivity index (χ0) is 22.5.